The van der Waals surface area contributed by atoms with E-state index in [2.05, 4.69) is 5.32 Å². The first-order valence-corrected chi connectivity index (χ1v) is 9.23. The molecule has 28 heavy (non-hydrogen) atoms. The molecule has 1 heterocycles. The SMILES string of the molecule is CCOc1ccc(N2CC(CNC(=O)COc3ccc(F)cc3)CC2=O)cc1. The molecule has 0 aliphatic carbocycles. The molecular formula is C21H23FN2O4. The summed E-state index contributed by atoms with van der Waals surface area (Å²) in [4.78, 5) is 26.0. The average molecular weight is 386 g/mol. The Bertz CT molecular complexity index is 808. The first-order chi connectivity index (χ1) is 13.5. The average Bonchev–Trinajstić information content (AvgIpc) is 3.07. The number of nitrogens with zero attached hydrogens (tertiary/aromatic N) is 1. The molecule has 2 amide bonds. The van der Waals surface area contributed by atoms with Crippen LogP contribution in [0.15, 0.2) is 48.5 Å². The zero-order valence-corrected chi connectivity index (χ0v) is 15.7. The third kappa shape index (κ3) is 5.22. The number of ether oxygens (including phenoxy) is 2. The molecule has 0 saturated carbocycles. The maximum atomic E-state index is 12.8. The standard InChI is InChI=1S/C21H23FN2O4/c1-2-27-18-9-5-17(6-10-18)24-13-15(11-21(24)26)12-23-20(25)14-28-19-7-3-16(22)4-8-19/h3-10,15H,2,11-14H2,1H3,(H,23,25). The number of nitrogens with one attached hydrogen (secondary N) is 1. The molecule has 1 aliphatic heterocycles. The van der Waals surface area contributed by atoms with E-state index in [4.69, 9.17) is 9.47 Å². The Morgan fingerprint density at radius 1 is 1.11 bits per heavy atom. The van der Waals surface area contributed by atoms with Crippen LogP contribution >= 0.6 is 0 Å². The lowest BCUT2D eigenvalue weighted by Gasteiger charge is -2.17. The Hall–Kier alpha value is -3.09. The van der Waals surface area contributed by atoms with E-state index in [1.54, 1.807) is 4.90 Å². The molecule has 1 fully saturated rings. The van der Waals surface area contributed by atoms with E-state index in [0.717, 1.165) is 11.4 Å². The highest BCUT2D eigenvalue weighted by molar-refractivity contribution is 5.95. The Balaban J connectivity index is 1.44. The lowest BCUT2D eigenvalue weighted by atomic mass is 10.1. The fourth-order valence-corrected chi connectivity index (χ4v) is 3.05. The van der Waals surface area contributed by atoms with Gasteiger partial charge < -0.3 is 19.7 Å². The molecule has 0 radical (unpaired) electrons. The van der Waals surface area contributed by atoms with Crippen molar-refractivity contribution >= 4 is 17.5 Å². The van der Waals surface area contributed by atoms with Gasteiger partial charge in [0.05, 0.1) is 6.61 Å². The van der Waals surface area contributed by atoms with Gasteiger partial charge in [-0.05, 0) is 55.5 Å². The molecule has 1 aliphatic rings. The third-order valence-electron chi connectivity index (χ3n) is 4.44. The first-order valence-electron chi connectivity index (χ1n) is 9.23. The van der Waals surface area contributed by atoms with E-state index in [0.29, 0.717) is 31.9 Å². The Morgan fingerprint density at radius 2 is 1.75 bits per heavy atom. The maximum absolute atomic E-state index is 12.8. The quantitative estimate of drug-likeness (QED) is 0.758. The molecule has 1 unspecified atom stereocenters. The highest BCUT2D eigenvalue weighted by Crippen LogP contribution is 2.26. The van der Waals surface area contributed by atoms with Crippen LogP contribution in [-0.2, 0) is 9.59 Å². The van der Waals surface area contributed by atoms with Crippen molar-refractivity contribution in [2.45, 2.75) is 13.3 Å². The van der Waals surface area contributed by atoms with Crippen LogP contribution in [0.2, 0.25) is 0 Å². The summed E-state index contributed by atoms with van der Waals surface area (Å²) in [6.07, 6.45) is 0.381. The minimum atomic E-state index is -0.361. The van der Waals surface area contributed by atoms with Crippen LogP contribution in [-0.4, -0.2) is 38.1 Å². The normalized spacial score (nSPS) is 16.1. The van der Waals surface area contributed by atoms with Crippen LogP contribution in [0, 0.1) is 11.7 Å². The van der Waals surface area contributed by atoms with E-state index >= 15 is 0 Å². The number of hydrogen-bond acceptors (Lipinski definition) is 4. The second-order valence-electron chi connectivity index (χ2n) is 6.55. The summed E-state index contributed by atoms with van der Waals surface area (Å²) in [6.45, 7) is 3.29. The molecule has 7 heteroatoms. The van der Waals surface area contributed by atoms with Gasteiger partial charge in [-0.25, -0.2) is 4.39 Å². The van der Waals surface area contributed by atoms with Crippen molar-refractivity contribution in [1.29, 1.82) is 0 Å². The van der Waals surface area contributed by atoms with E-state index in [1.165, 1.54) is 24.3 Å². The monoisotopic (exact) mass is 386 g/mol. The minimum absolute atomic E-state index is 0.0333. The topological polar surface area (TPSA) is 67.9 Å². The number of amides is 2. The second-order valence-corrected chi connectivity index (χ2v) is 6.55. The molecule has 3 rings (SSSR count). The molecule has 2 aromatic rings. The van der Waals surface area contributed by atoms with Crippen LogP contribution in [0.5, 0.6) is 11.5 Å². The van der Waals surface area contributed by atoms with Crippen molar-refractivity contribution in [2.75, 3.05) is 31.2 Å². The number of carbonyl (C=O) groups is 2. The largest absolute Gasteiger partial charge is 0.494 e. The highest BCUT2D eigenvalue weighted by atomic mass is 19.1. The van der Waals surface area contributed by atoms with Crippen LogP contribution in [0.25, 0.3) is 0 Å². The van der Waals surface area contributed by atoms with Gasteiger partial charge in [-0.2, -0.15) is 0 Å². The molecule has 1 saturated heterocycles. The van der Waals surface area contributed by atoms with Gasteiger partial charge in [0.2, 0.25) is 5.91 Å². The van der Waals surface area contributed by atoms with Gasteiger partial charge in [-0.3, -0.25) is 9.59 Å². The van der Waals surface area contributed by atoms with Gasteiger partial charge in [0.1, 0.15) is 17.3 Å². The summed E-state index contributed by atoms with van der Waals surface area (Å²) in [6, 6.07) is 12.9. The molecule has 1 N–H and O–H groups in total. The minimum Gasteiger partial charge on any atom is -0.494 e. The van der Waals surface area contributed by atoms with Crippen LogP contribution in [0.3, 0.4) is 0 Å². The summed E-state index contributed by atoms with van der Waals surface area (Å²) < 4.78 is 23.6. The Labute approximate surface area is 163 Å². The fourth-order valence-electron chi connectivity index (χ4n) is 3.05. The molecule has 148 valence electrons. The van der Waals surface area contributed by atoms with Gasteiger partial charge in [-0.1, -0.05) is 0 Å². The van der Waals surface area contributed by atoms with E-state index in [9.17, 15) is 14.0 Å². The van der Waals surface area contributed by atoms with E-state index < -0.39 is 0 Å². The molecule has 1 atom stereocenters. The van der Waals surface area contributed by atoms with Gasteiger partial charge >= 0.3 is 0 Å². The smallest absolute Gasteiger partial charge is 0.257 e. The summed E-state index contributed by atoms with van der Waals surface area (Å²) in [7, 11) is 0. The predicted octanol–water partition coefficient (Wildman–Crippen LogP) is 2.77. The summed E-state index contributed by atoms with van der Waals surface area (Å²) in [5.41, 5.74) is 0.821. The van der Waals surface area contributed by atoms with Gasteiger partial charge in [0.25, 0.3) is 5.91 Å². The fraction of sp³-hybridized carbons (Fsp3) is 0.333. The van der Waals surface area contributed by atoms with Crippen LogP contribution in [0.4, 0.5) is 10.1 Å². The van der Waals surface area contributed by atoms with Crippen molar-refractivity contribution in [1.82, 2.24) is 5.32 Å². The number of hydrogen-bond donors (Lipinski definition) is 1. The zero-order chi connectivity index (χ0) is 19.9. The number of rotatable bonds is 8. The molecule has 0 aromatic heterocycles. The van der Waals surface area contributed by atoms with Gasteiger partial charge in [0, 0.05) is 31.1 Å². The zero-order valence-electron chi connectivity index (χ0n) is 15.7. The lowest BCUT2D eigenvalue weighted by Crippen LogP contribution is -2.34. The molecule has 0 bridgehead atoms. The number of halogens is 1. The lowest BCUT2D eigenvalue weighted by molar-refractivity contribution is -0.123. The van der Waals surface area contributed by atoms with E-state index in [1.807, 2.05) is 31.2 Å². The number of carbonyl (C=O) groups excluding carboxylic acids is 2. The summed E-state index contributed by atoms with van der Waals surface area (Å²) >= 11 is 0. The number of benzene rings is 2. The van der Waals surface area contributed by atoms with Gasteiger partial charge in [-0.15, -0.1) is 0 Å². The molecular weight excluding hydrogens is 363 g/mol. The van der Waals surface area contributed by atoms with Crippen molar-refractivity contribution in [3.8, 4) is 11.5 Å². The van der Waals surface area contributed by atoms with Crippen LogP contribution < -0.4 is 19.7 Å². The summed E-state index contributed by atoms with van der Waals surface area (Å²) in [5.74, 6) is 0.619. The number of anilines is 1. The first kappa shape index (κ1) is 19.7. The molecule has 2 aromatic carbocycles. The predicted molar refractivity (Wildman–Crippen MR) is 103 cm³/mol. The van der Waals surface area contributed by atoms with Crippen molar-refractivity contribution in [3.05, 3.63) is 54.3 Å². The van der Waals surface area contributed by atoms with E-state index in [-0.39, 0.29) is 30.2 Å². The molecule has 0 spiro atoms. The van der Waals surface area contributed by atoms with Crippen molar-refractivity contribution < 1.29 is 23.5 Å². The maximum Gasteiger partial charge on any atom is 0.257 e. The van der Waals surface area contributed by atoms with Gasteiger partial charge in [0.15, 0.2) is 6.61 Å². The van der Waals surface area contributed by atoms with Crippen molar-refractivity contribution in [2.24, 2.45) is 5.92 Å². The Kier molecular flexibility index (Phi) is 6.47. The second kappa shape index (κ2) is 9.21. The molecule has 6 nitrogen and oxygen atoms in total. The third-order valence-corrected chi connectivity index (χ3v) is 4.44. The van der Waals surface area contributed by atoms with Crippen molar-refractivity contribution in [3.63, 3.8) is 0 Å². The summed E-state index contributed by atoms with van der Waals surface area (Å²) in [5, 5.41) is 2.79. The Morgan fingerprint density at radius 3 is 2.43 bits per heavy atom. The highest BCUT2D eigenvalue weighted by Gasteiger charge is 2.30. The van der Waals surface area contributed by atoms with Crippen LogP contribution in [0.1, 0.15) is 13.3 Å².